The number of rotatable bonds is 4. The normalized spacial score (nSPS) is 16.3. The average Bonchev–Trinajstić information content (AvgIpc) is 3.32. The number of hydrogen-bond donors (Lipinski definition) is 1. The van der Waals surface area contributed by atoms with Gasteiger partial charge in [-0.05, 0) is 85.3 Å². The third kappa shape index (κ3) is 4.04. The van der Waals surface area contributed by atoms with Crippen molar-refractivity contribution in [3.8, 4) is 5.69 Å². The molecule has 6 heteroatoms. The van der Waals surface area contributed by atoms with E-state index in [4.69, 9.17) is 0 Å². The first-order valence-corrected chi connectivity index (χ1v) is 10.5. The van der Waals surface area contributed by atoms with E-state index in [0.29, 0.717) is 10.1 Å². The van der Waals surface area contributed by atoms with E-state index in [0.717, 1.165) is 28.3 Å². The van der Waals surface area contributed by atoms with Crippen molar-refractivity contribution in [3.05, 3.63) is 82.5 Å². The Morgan fingerprint density at radius 2 is 1.80 bits per heavy atom. The van der Waals surface area contributed by atoms with Crippen LogP contribution in [0.3, 0.4) is 0 Å². The Hall–Kier alpha value is -3.25. The first-order chi connectivity index (χ1) is 14.4. The van der Waals surface area contributed by atoms with Crippen molar-refractivity contribution >= 4 is 40.3 Å². The molecule has 4 rings (SSSR count). The predicted octanol–water partition coefficient (Wildman–Crippen LogP) is 5.05. The third-order valence-electron chi connectivity index (χ3n) is 5.15. The average molecular weight is 417 g/mol. The highest BCUT2D eigenvalue weighted by atomic mass is 32.2. The molecule has 2 aromatic carbocycles. The zero-order valence-corrected chi connectivity index (χ0v) is 18.3. The van der Waals surface area contributed by atoms with E-state index in [1.54, 1.807) is 0 Å². The number of aryl methyl sites for hydroxylation is 1. The van der Waals surface area contributed by atoms with Crippen LogP contribution in [0.4, 0.5) is 11.4 Å². The van der Waals surface area contributed by atoms with Crippen LogP contribution >= 0.6 is 11.8 Å². The van der Waals surface area contributed by atoms with E-state index < -0.39 is 0 Å². The second-order valence-electron chi connectivity index (χ2n) is 7.41. The fourth-order valence-corrected chi connectivity index (χ4v) is 4.06. The summed E-state index contributed by atoms with van der Waals surface area (Å²) in [6.45, 7) is 4.10. The number of carbonyl (C=O) groups is 1. The molecule has 0 atom stereocenters. The van der Waals surface area contributed by atoms with E-state index in [9.17, 15) is 4.79 Å². The molecule has 1 saturated heterocycles. The maximum Gasteiger partial charge on any atom is 0.264 e. The van der Waals surface area contributed by atoms with Gasteiger partial charge in [-0.2, -0.15) is 0 Å². The molecule has 5 nitrogen and oxygen atoms in total. The molecule has 1 amide bonds. The van der Waals surface area contributed by atoms with Gasteiger partial charge in [-0.1, -0.05) is 12.1 Å². The lowest BCUT2D eigenvalue weighted by Crippen LogP contribution is -2.19. The van der Waals surface area contributed by atoms with E-state index in [2.05, 4.69) is 57.0 Å². The van der Waals surface area contributed by atoms with Gasteiger partial charge in [0.1, 0.15) is 0 Å². The van der Waals surface area contributed by atoms with Gasteiger partial charge < -0.3 is 14.8 Å². The van der Waals surface area contributed by atoms with Crippen molar-refractivity contribution in [2.75, 3.05) is 19.0 Å². The Kier molecular flexibility index (Phi) is 5.50. The molecule has 1 aromatic heterocycles. The largest absolute Gasteiger partial charge is 0.378 e. The van der Waals surface area contributed by atoms with Crippen molar-refractivity contribution < 1.29 is 4.79 Å². The Balaban J connectivity index is 1.60. The molecule has 0 unspecified atom stereocenters. The molecule has 152 valence electrons. The monoisotopic (exact) mass is 416 g/mol. The minimum Gasteiger partial charge on any atom is -0.378 e. The minimum atomic E-state index is -0.125. The number of hydrogen-bond acceptors (Lipinski definition) is 4. The Morgan fingerprint density at radius 1 is 1.03 bits per heavy atom. The molecule has 1 aliphatic heterocycles. The molecule has 0 aliphatic carbocycles. The smallest absolute Gasteiger partial charge is 0.264 e. The first-order valence-electron chi connectivity index (χ1n) is 9.73. The number of aromatic nitrogens is 1. The molecule has 2 heterocycles. The van der Waals surface area contributed by atoms with Gasteiger partial charge in [0.2, 0.25) is 0 Å². The molecule has 0 saturated carbocycles. The number of nitrogens with one attached hydrogen (secondary N) is 1. The van der Waals surface area contributed by atoms with Crippen molar-refractivity contribution in [2.45, 2.75) is 13.8 Å². The summed E-state index contributed by atoms with van der Waals surface area (Å²) in [5.41, 5.74) is 6.31. The highest BCUT2D eigenvalue weighted by Crippen LogP contribution is 2.30. The molecule has 30 heavy (non-hydrogen) atoms. The number of anilines is 1. The van der Waals surface area contributed by atoms with Crippen LogP contribution in [0.1, 0.15) is 16.8 Å². The summed E-state index contributed by atoms with van der Waals surface area (Å²) in [5.74, 6) is -0.125. The number of amides is 1. The second kappa shape index (κ2) is 8.24. The van der Waals surface area contributed by atoms with Crippen LogP contribution in [0.25, 0.3) is 11.8 Å². The number of carbonyl (C=O) groups excluding carboxylic acids is 1. The summed E-state index contributed by atoms with van der Waals surface area (Å²) in [6.07, 6.45) is 3.91. The number of benzene rings is 2. The zero-order chi connectivity index (χ0) is 21.3. The molecule has 3 aromatic rings. The Bertz CT molecular complexity index is 1160. The lowest BCUT2D eigenvalue weighted by Gasteiger charge is -2.13. The molecule has 0 spiro atoms. The van der Waals surface area contributed by atoms with Gasteiger partial charge in [-0.15, -0.1) is 0 Å². The van der Waals surface area contributed by atoms with Crippen LogP contribution in [0, 0.1) is 13.8 Å². The highest BCUT2D eigenvalue weighted by Gasteiger charge is 2.24. The van der Waals surface area contributed by atoms with Crippen LogP contribution in [0.2, 0.25) is 0 Å². The second-order valence-corrected chi connectivity index (χ2v) is 8.45. The van der Waals surface area contributed by atoms with Gasteiger partial charge in [-0.3, -0.25) is 4.79 Å². The van der Waals surface area contributed by atoms with Crippen LogP contribution in [0.15, 0.2) is 70.7 Å². The molecule has 1 N–H and O–H groups in total. The fourth-order valence-electron chi connectivity index (χ4n) is 3.24. The van der Waals surface area contributed by atoms with E-state index in [-0.39, 0.29) is 5.91 Å². The Morgan fingerprint density at radius 3 is 2.53 bits per heavy atom. The van der Waals surface area contributed by atoms with Crippen LogP contribution in [-0.4, -0.2) is 29.7 Å². The molecule has 0 radical (unpaired) electrons. The number of amidine groups is 1. The SMILES string of the molecule is Cc1cccc(N=C2NC(=O)/C(=C/c3cccn3-c3ccc(N(C)C)cc3)S2)c1C. The quantitative estimate of drug-likeness (QED) is 0.606. The molecule has 1 fully saturated rings. The summed E-state index contributed by atoms with van der Waals surface area (Å²) < 4.78 is 2.07. The van der Waals surface area contributed by atoms with Crippen molar-refractivity contribution in [1.82, 2.24) is 9.88 Å². The van der Waals surface area contributed by atoms with Gasteiger partial charge in [0.25, 0.3) is 5.91 Å². The third-order valence-corrected chi connectivity index (χ3v) is 6.06. The van der Waals surface area contributed by atoms with Gasteiger partial charge >= 0.3 is 0 Å². The molecule has 1 aliphatic rings. The molecular formula is C24H24N4OS. The first kappa shape index (κ1) is 20.0. The standard InChI is InChI=1S/C24H24N4OS/c1-16-7-5-9-21(17(16)2)25-24-26-23(29)22(30-24)15-20-8-6-14-28(20)19-12-10-18(11-13-19)27(3)4/h5-15H,1-4H3,(H,25,26,29)/b22-15-. The lowest BCUT2D eigenvalue weighted by atomic mass is 10.1. The van der Waals surface area contributed by atoms with Gasteiger partial charge in [0.15, 0.2) is 5.17 Å². The lowest BCUT2D eigenvalue weighted by molar-refractivity contribution is -0.115. The van der Waals surface area contributed by atoms with E-state index in [1.165, 1.54) is 17.3 Å². The number of nitrogens with zero attached hydrogens (tertiary/aromatic N) is 3. The summed E-state index contributed by atoms with van der Waals surface area (Å²) in [6, 6.07) is 18.3. The van der Waals surface area contributed by atoms with Crippen molar-refractivity contribution in [1.29, 1.82) is 0 Å². The van der Waals surface area contributed by atoms with Crippen LogP contribution in [-0.2, 0) is 4.79 Å². The van der Waals surface area contributed by atoms with Crippen LogP contribution in [0.5, 0.6) is 0 Å². The fraction of sp³-hybridized carbons (Fsp3) is 0.167. The molecule has 0 bridgehead atoms. The van der Waals surface area contributed by atoms with E-state index >= 15 is 0 Å². The minimum absolute atomic E-state index is 0.125. The number of thioether (sulfide) groups is 1. The maximum absolute atomic E-state index is 12.5. The van der Waals surface area contributed by atoms with Crippen LogP contribution < -0.4 is 10.2 Å². The predicted molar refractivity (Wildman–Crippen MR) is 127 cm³/mol. The summed E-state index contributed by atoms with van der Waals surface area (Å²) in [5, 5.41) is 3.49. The highest BCUT2D eigenvalue weighted by molar-refractivity contribution is 8.18. The molecular weight excluding hydrogens is 392 g/mol. The zero-order valence-electron chi connectivity index (χ0n) is 17.5. The summed E-state index contributed by atoms with van der Waals surface area (Å²) >= 11 is 1.37. The summed E-state index contributed by atoms with van der Waals surface area (Å²) in [7, 11) is 4.04. The maximum atomic E-state index is 12.5. The topological polar surface area (TPSA) is 49.6 Å². The van der Waals surface area contributed by atoms with Crippen molar-refractivity contribution in [3.63, 3.8) is 0 Å². The van der Waals surface area contributed by atoms with Gasteiger partial charge in [0.05, 0.1) is 10.6 Å². The van der Waals surface area contributed by atoms with Crippen molar-refractivity contribution in [2.24, 2.45) is 4.99 Å². The van der Waals surface area contributed by atoms with Gasteiger partial charge in [-0.25, -0.2) is 4.99 Å². The Labute approximate surface area is 181 Å². The number of aliphatic imine (C=N–C) groups is 1. The van der Waals surface area contributed by atoms with Gasteiger partial charge in [0, 0.05) is 37.4 Å². The summed E-state index contributed by atoms with van der Waals surface area (Å²) in [4.78, 5) is 19.9. The van der Waals surface area contributed by atoms with E-state index in [1.807, 2.05) is 57.6 Å².